The molecule has 1 N–H and O–H groups in total. The number of hydrogen-bond acceptors (Lipinski definition) is 2. The van der Waals surface area contributed by atoms with E-state index in [4.69, 9.17) is 0 Å². The maximum absolute atomic E-state index is 12.6. The number of rotatable bonds is 4. The number of nitrogens with zero attached hydrogens (tertiary/aromatic N) is 2. The van der Waals surface area contributed by atoms with Crippen LogP contribution in [0, 0.1) is 0 Å². The van der Waals surface area contributed by atoms with Crippen LogP contribution in [0.2, 0.25) is 0 Å². The number of nitrogens with one attached hydrogen (secondary N) is 1. The van der Waals surface area contributed by atoms with Crippen molar-refractivity contribution in [2.45, 2.75) is 18.4 Å². The molecule has 1 amide bonds. The van der Waals surface area contributed by atoms with Crippen LogP contribution in [0.1, 0.15) is 28.3 Å². The molecule has 2 aromatic carbocycles. The number of benzene rings is 2. The first-order valence-electron chi connectivity index (χ1n) is 7.78. The molecule has 23 heavy (non-hydrogen) atoms. The van der Waals surface area contributed by atoms with Gasteiger partial charge in [0.25, 0.3) is 5.91 Å². The van der Waals surface area contributed by atoms with Gasteiger partial charge in [0.1, 0.15) is 0 Å². The van der Waals surface area contributed by atoms with E-state index in [0.717, 1.165) is 12.1 Å². The Labute approximate surface area is 134 Å². The second kappa shape index (κ2) is 5.72. The van der Waals surface area contributed by atoms with Crippen molar-refractivity contribution in [2.24, 2.45) is 0 Å². The first-order chi connectivity index (χ1) is 11.3. The zero-order valence-corrected chi connectivity index (χ0v) is 12.6. The minimum atomic E-state index is -0.0421. The fourth-order valence-corrected chi connectivity index (χ4v) is 2.95. The highest BCUT2D eigenvalue weighted by molar-refractivity contribution is 5.98. The number of hydrogen-bond donors (Lipinski definition) is 1. The molecule has 2 atom stereocenters. The molecule has 0 saturated heterocycles. The Bertz CT molecular complexity index is 812. The lowest BCUT2D eigenvalue weighted by atomic mass is 10.1. The maximum atomic E-state index is 12.6. The van der Waals surface area contributed by atoms with Crippen LogP contribution in [-0.4, -0.2) is 21.7 Å². The highest BCUT2D eigenvalue weighted by atomic mass is 16.1. The largest absolute Gasteiger partial charge is 0.349 e. The summed E-state index contributed by atoms with van der Waals surface area (Å²) in [6.07, 6.45) is 4.55. The smallest absolute Gasteiger partial charge is 0.253 e. The van der Waals surface area contributed by atoms with Gasteiger partial charge < -0.3 is 5.32 Å². The van der Waals surface area contributed by atoms with E-state index in [1.54, 1.807) is 10.9 Å². The van der Waals surface area contributed by atoms with Crippen LogP contribution in [-0.2, 0) is 0 Å². The second-order valence-electron chi connectivity index (χ2n) is 5.80. The Morgan fingerprint density at radius 3 is 2.61 bits per heavy atom. The third-order valence-electron chi connectivity index (χ3n) is 4.23. The monoisotopic (exact) mass is 303 g/mol. The van der Waals surface area contributed by atoms with Crippen molar-refractivity contribution >= 4 is 5.91 Å². The fraction of sp³-hybridized carbons (Fsp3) is 0.158. The lowest BCUT2D eigenvalue weighted by Gasteiger charge is -2.10. The molecule has 0 spiro atoms. The van der Waals surface area contributed by atoms with Crippen molar-refractivity contribution in [1.29, 1.82) is 0 Å². The molecular formula is C19H17N3O. The summed E-state index contributed by atoms with van der Waals surface area (Å²) < 4.78 is 1.72. The third kappa shape index (κ3) is 2.75. The molecule has 1 heterocycles. The highest BCUT2D eigenvalue weighted by Crippen LogP contribution is 2.40. The van der Waals surface area contributed by atoms with E-state index in [9.17, 15) is 4.79 Å². The van der Waals surface area contributed by atoms with E-state index < -0.39 is 0 Å². The molecule has 2 unspecified atom stereocenters. The van der Waals surface area contributed by atoms with Crippen LogP contribution < -0.4 is 5.32 Å². The molecule has 3 aromatic rings. The van der Waals surface area contributed by atoms with Gasteiger partial charge in [-0.2, -0.15) is 5.10 Å². The quantitative estimate of drug-likeness (QED) is 0.805. The van der Waals surface area contributed by atoms with E-state index in [1.165, 1.54) is 5.56 Å². The third-order valence-corrected chi connectivity index (χ3v) is 4.23. The second-order valence-corrected chi connectivity index (χ2v) is 5.80. The molecule has 1 aromatic heterocycles. The average molecular weight is 303 g/mol. The molecule has 0 aliphatic heterocycles. The number of para-hydroxylation sites is 1. The SMILES string of the molecule is O=C(NC1CC1c1ccccc1)c1ccccc1-n1cccn1. The standard InChI is InChI=1S/C19H17N3O/c23-19(21-17-13-16(17)14-7-2-1-3-8-14)15-9-4-5-10-18(15)22-12-6-11-20-22/h1-12,16-17H,13H2,(H,21,23). The first kappa shape index (κ1) is 13.8. The minimum Gasteiger partial charge on any atom is -0.349 e. The van der Waals surface area contributed by atoms with Crippen molar-refractivity contribution in [3.05, 3.63) is 84.2 Å². The van der Waals surface area contributed by atoms with Gasteiger partial charge in [-0.25, -0.2) is 4.68 Å². The highest BCUT2D eigenvalue weighted by Gasteiger charge is 2.39. The number of carbonyl (C=O) groups is 1. The molecule has 4 heteroatoms. The summed E-state index contributed by atoms with van der Waals surface area (Å²) in [5, 5.41) is 7.36. The van der Waals surface area contributed by atoms with Gasteiger partial charge in [0.2, 0.25) is 0 Å². The van der Waals surface area contributed by atoms with Crippen molar-refractivity contribution < 1.29 is 4.79 Å². The van der Waals surface area contributed by atoms with E-state index in [1.807, 2.05) is 54.7 Å². The van der Waals surface area contributed by atoms with Gasteiger partial charge in [0, 0.05) is 24.4 Å². The molecule has 0 bridgehead atoms. The Kier molecular flexibility index (Phi) is 3.42. The summed E-state index contributed by atoms with van der Waals surface area (Å²) in [4.78, 5) is 12.6. The van der Waals surface area contributed by atoms with Crippen molar-refractivity contribution in [3.63, 3.8) is 0 Å². The first-order valence-corrected chi connectivity index (χ1v) is 7.78. The number of amides is 1. The van der Waals surface area contributed by atoms with Gasteiger partial charge >= 0.3 is 0 Å². The summed E-state index contributed by atoms with van der Waals surface area (Å²) >= 11 is 0. The van der Waals surface area contributed by atoms with Crippen LogP contribution in [0.25, 0.3) is 5.69 Å². The maximum Gasteiger partial charge on any atom is 0.253 e. The van der Waals surface area contributed by atoms with Gasteiger partial charge in [0.15, 0.2) is 0 Å². The van der Waals surface area contributed by atoms with E-state index >= 15 is 0 Å². The minimum absolute atomic E-state index is 0.0421. The van der Waals surface area contributed by atoms with Crippen LogP contribution in [0.5, 0.6) is 0 Å². The van der Waals surface area contributed by atoms with Crippen LogP contribution in [0.15, 0.2) is 73.1 Å². The van der Waals surface area contributed by atoms with E-state index in [-0.39, 0.29) is 11.9 Å². The van der Waals surface area contributed by atoms with Crippen molar-refractivity contribution in [1.82, 2.24) is 15.1 Å². The molecule has 0 radical (unpaired) electrons. The average Bonchev–Trinajstić information content (AvgIpc) is 3.15. The van der Waals surface area contributed by atoms with Gasteiger partial charge in [-0.3, -0.25) is 4.79 Å². The summed E-state index contributed by atoms with van der Waals surface area (Å²) in [6, 6.07) is 19.9. The topological polar surface area (TPSA) is 46.9 Å². The van der Waals surface area contributed by atoms with E-state index in [2.05, 4.69) is 22.5 Å². The summed E-state index contributed by atoms with van der Waals surface area (Å²) in [5.74, 6) is 0.386. The Morgan fingerprint density at radius 2 is 1.83 bits per heavy atom. The van der Waals surface area contributed by atoms with Gasteiger partial charge in [-0.1, -0.05) is 42.5 Å². The van der Waals surface area contributed by atoms with Crippen LogP contribution in [0.3, 0.4) is 0 Å². The van der Waals surface area contributed by atoms with E-state index in [0.29, 0.717) is 11.5 Å². The molecular weight excluding hydrogens is 286 g/mol. The molecule has 4 rings (SSSR count). The number of carbonyl (C=O) groups excluding carboxylic acids is 1. The summed E-state index contributed by atoms with van der Waals surface area (Å²) in [7, 11) is 0. The number of aromatic nitrogens is 2. The Balaban J connectivity index is 1.51. The fourth-order valence-electron chi connectivity index (χ4n) is 2.95. The normalized spacial score (nSPS) is 19.3. The predicted molar refractivity (Wildman–Crippen MR) is 88.6 cm³/mol. The molecule has 1 fully saturated rings. The van der Waals surface area contributed by atoms with Crippen LogP contribution in [0.4, 0.5) is 0 Å². The molecule has 4 nitrogen and oxygen atoms in total. The summed E-state index contributed by atoms with van der Waals surface area (Å²) in [6.45, 7) is 0. The van der Waals surface area contributed by atoms with Crippen molar-refractivity contribution in [3.8, 4) is 5.69 Å². The van der Waals surface area contributed by atoms with Crippen molar-refractivity contribution in [2.75, 3.05) is 0 Å². The Morgan fingerprint density at radius 1 is 1.04 bits per heavy atom. The molecule has 1 saturated carbocycles. The summed E-state index contributed by atoms with van der Waals surface area (Å²) in [5.41, 5.74) is 2.74. The molecule has 114 valence electrons. The molecule has 1 aliphatic carbocycles. The zero-order valence-electron chi connectivity index (χ0n) is 12.6. The van der Waals surface area contributed by atoms with Gasteiger partial charge in [0.05, 0.1) is 11.3 Å². The van der Waals surface area contributed by atoms with Gasteiger partial charge in [-0.05, 0) is 30.2 Å². The zero-order chi connectivity index (χ0) is 15.6. The van der Waals surface area contributed by atoms with Crippen LogP contribution >= 0.6 is 0 Å². The molecule has 1 aliphatic rings. The van der Waals surface area contributed by atoms with Gasteiger partial charge in [-0.15, -0.1) is 0 Å². The lowest BCUT2D eigenvalue weighted by Crippen LogP contribution is -2.27. The Hall–Kier alpha value is -2.88. The lowest BCUT2D eigenvalue weighted by molar-refractivity contribution is 0.0950. The predicted octanol–water partition coefficient (Wildman–Crippen LogP) is 3.16.